The number of nitrogens with two attached hydrogens (primary N) is 1. The lowest BCUT2D eigenvalue weighted by Crippen LogP contribution is -2.33. The van der Waals surface area contributed by atoms with E-state index in [1.807, 2.05) is 25.3 Å². The van der Waals surface area contributed by atoms with Crippen molar-refractivity contribution in [3.63, 3.8) is 0 Å². The molecule has 0 aromatic carbocycles. The van der Waals surface area contributed by atoms with E-state index >= 15 is 0 Å². The van der Waals surface area contributed by atoms with Gasteiger partial charge in [0.1, 0.15) is 5.69 Å². The number of nitrogens with zero attached hydrogens (tertiary/aromatic N) is 1. The van der Waals surface area contributed by atoms with Crippen molar-refractivity contribution < 1.29 is 4.79 Å². The zero-order chi connectivity index (χ0) is 13.0. The Bertz CT molecular complexity index is 407. The van der Waals surface area contributed by atoms with Crippen molar-refractivity contribution in [3.8, 4) is 0 Å². The second-order valence-corrected chi connectivity index (χ2v) is 4.56. The number of anilines is 1. The van der Waals surface area contributed by atoms with E-state index in [-0.39, 0.29) is 18.0 Å². The van der Waals surface area contributed by atoms with Crippen molar-refractivity contribution in [1.29, 1.82) is 0 Å². The van der Waals surface area contributed by atoms with Crippen molar-refractivity contribution in [2.45, 2.75) is 39.3 Å². The molecule has 4 heteroatoms. The minimum Gasteiger partial charge on any atom is -0.397 e. The van der Waals surface area contributed by atoms with Gasteiger partial charge in [-0.05, 0) is 33.3 Å². The van der Waals surface area contributed by atoms with Gasteiger partial charge in [-0.1, -0.05) is 6.08 Å². The third-order valence-electron chi connectivity index (χ3n) is 2.56. The maximum absolute atomic E-state index is 12.0. The van der Waals surface area contributed by atoms with Gasteiger partial charge in [-0.25, -0.2) is 0 Å². The molecule has 0 saturated carbocycles. The van der Waals surface area contributed by atoms with E-state index in [4.69, 9.17) is 5.73 Å². The summed E-state index contributed by atoms with van der Waals surface area (Å²) in [4.78, 5) is 12.0. The molecule has 1 unspecified atom stereocenters. The van der Waals surface area contributed by atoms with Crippen LogP contribution in [0, 0.1) is 0 Å². The first kappa shape index (κ1) is 13.4. The van der Waals surface area contributed by atoms with Crippen LogP contribution < -0.4 is 11.1 Å². The van der Waals surface area contributed by atoms with Crippen LogP contribution in [0.2, 0.25) is 0 Å². The molecule has 0 fully saturated rings. The molecule has 0 saturated heterocycles. The summed E-state index contributed by atoms with van der Waals surface area (Å²) in [6.07, 6.45) is 4.34. The summed E-state index contributed by atoms with van der Waals surface area (Å²) in [5.41, 5.74) is 6.94. The topological polar surface area (TPSA) is 60.1 Å². The Balaban J connectivity index is 2.84. The summed E-state index contributed by atoms with van der Waals surface area (Å²) >= 11 is 0. The van der Waals surface area contributed by atoms with Gasteiger partial charge in [0.2, 0.25) is 0 Å². The second kappa shape index (κ2) is 5.57. The average molecular weight is 235 g/mol. The monoisotopic (exact) mass is 235 g/mol. The van der Waals surface area contributed by atoms with Crippen LogP contribution in [0.3, 0.4) is 0 Å². The molecule has 3 N–H and O–H groups in total. The van der Waals surface area contributed by atoms with E-state index in [9.17, 15) is 4.79 Å². The molecule has 0 bridgehead atoms. The Morgan fingerprint density at radius 2 is 2.24 bits per heavy atom. The van der Waals surface area contributed by atoms with Crippen LogP contribution in [-0.2, 0) is 0 Å². The highest BCUT2D eigenvalue weighted by molar-refractivity contribution is 5.94. The normalized spacial score (nSPS) is 12.5. The maximum Gasteiger partial charge on any atom is 0.268 e. The largest absolute Gasteiger partial charge is 0.397 e. The molecule has 4 nitrogen and oxygen atoms in total. The highest BCUT2D eigenvalue weighted by Crippen LogP contribution is 2.16. The number of amides is 1. The fourth-order valence-corrected chi connectivity index (χ4v) is 1.72. The van der Waals surface area contributed by atoms with Crippen LogP contribution in [0.25, 0.3) is 0 Å². The van der Waals surface area contributed by atoms with Crippen molar-refractivity contribution in [2.75, 3.05) is 5.73 Å². The van der Waals surface area contributed by atoms with Gasteiger partial charge < -0.3 is 15.6 Å². The zero-order valence-electron chi connectivity index (χ0n) is 10.7. The van der Waals surface area contributed by atoms with Gasteiger partial charge in [0.15, 0.2) is 0 Å². The molecule has 1 rings (SSSR count). The molecule has 0 radical (unpaired) electrons. The Morgan fingerprint density at radius 1 is 1.59 bits per heavy atom. The second-order valence-electron chi connectivity index (χ2n) is 4.56. The summed E-state index contributed by atoms with van der Waals surface area (Å²) in [7, 11) is 0. The summed E-state index contributed by atoms with van der Waals surface area (Å²) < 4.78 is 1.88. The molecule has 0 spiro atoms. The summed E-state index contributed by atoms with van der Waals surface area (Å²) in [6, 6.07) is 2.00. The first-order chi connectivity index (χ1) is 7.95. The Kier molecular flexibility index (Phi) is 4.37. The fourth-order valence-electron chi connectivity index (χ4n) is 1.72. The van der Waals surface area contributed by atoms with E-state index in [1.165, 1.54) is 0 Å². The number of nitrogen functional groups attached to an aromatic ring is 1. The quantitative estimate of drug-likeness (QED) is 0.770. The fraction of sp³-hybridized carbons (Fsp3) is 0.462. The lowest BCUT2D eigenvalue weighted by atomic mass is 10.2. The van der Waals surface area contributed by atoms with Gasteiger partial charge in [-0.3, -0.25) is 4.79 Å². The van der Waals surface area contributed by atoms with Crippen LogP contribution in [-0.4, -0.2) is 16.5 Å². The smallest absolute Gasteiger partial charge is 0.268 e. The SMILES string of the molecule is C=CCC(C)NC(=O)c1cc(N)cn1C(C)C. The van der Waals surface area contributed by atoms with Gasteiger partial charge in [-0.2, -0.15) is 0 Å². The highest BCUT2D eigenvalue weighted by Gasteiger charge is 2.15. The lowest BCUT2D eigenvalue weighted by molar-refractivity contribution is 0.0929. The van der Waals surface area contributed by atoms with E-state index in [2.05, 4.69) is 11.9 Å². The Hall–Kier alpha value is -1.71. The lowest BCUT2D eigenvalue weighted by Gasteiger charge is -2.15. The van der Waals surface area contributed by atoms with E-state index in [0.717, 1.165) is 6.42 Å². The standard InChI is InChI=1S/C13H21N3O/c1-5-6-10(4)15-13(17)12-7-11(14)8-16(12)9(2)3/h5,7-10H,1,6,14H2,2-4H3,(H,15,17). The first-order valence-electron chi connectivity index (χ1n) is 5.84. The maximum atomic E-state index is 12.0. The van der Waals surface area contributed by atoms with Crippen LogP contribution in [0.15, 0.2) is 24.9 Å². The predicted molar refractivity (Wildman–Crippen MR) is 71.0 cm³/mol. The molecule has 0 aliphatic rings. The van der Waals surface area contributed by atoms with E-state index in [0.29, 0.717) is 11.4 Å². The number of nitrogens with one attached hydrogen (secondary N) is 1. The number of rotatable bonds is 5. The van der Waals surface area contributed by atoms with Crippen molar-refractivity contribution in [3.05, 3.63) is 30.6 Å². The molecule has 1 atom stereocenters. The number of hydrogen-bond donors (Lipinski definition) is 2. The molecular weight excluding hydrogens is 214 g/mol. The van der Waals surface area contributed by atoms with Crippen molar-refractivity contribution in [1.82, 2.24) is 9.88 Å². The molecule has 1 heterocycles. The van der Waals surface area contributed by atoms with Crippen molar-refractivity contribution >= 4 is 11.6 Å². The van der Waals surface area contributed by atoms with Gasteiger partial charge in [0, 0.05) is 18.3 Å². The third-order valence-corrected chi connectivity index (χ3v) is 2.56. The van der Waals surface area contributed by atoms with Gasteiger partial charge in [0.25, 0.3) is 5.91 Å². The van der Waals surface area contributed by atoms with Gasteiger partial charge >= 0.3 is 0 Å². The van der Waals surface area contributed by atoms with Crippen molar-refractivity contribution in [2.24, 2.45) is 0 Å². The molecule has 17 heavy (non-hydrogen) atoms. The number of aromatic nitrogens is 1. The molecule has 94 valence electrons. The minimum absolute atomic E-state index is 0.0803. The summed E-state index contributed by atoms with van der Waals surface area (Å²) in [6.45, 7) is 9.64. The Labute approximate surface area is 102 Å². The third kappa shape index (κ3) is 3.37. The summed E-state index contributed by atoms with van der Waals surface area (Å²) in [5.74, 6) is -0.0928. The van der Waals surface area contributed by atoms with Crippen LogP contribution in [0.1, 0.15) is 43.7 Å². The van der Waals surface area contributed by atoms with Crippen LogP contribution >= 0.6 is 0 Å². The number of hydrogen-bond acceptors (Lipinski definition) is 2. The minimum atomic E-state index is -0.0928. The number of carbonyl (C=O) groups excluding carboxylic acids is 1. The molecule has 1 aromatic rings. The highest BCUT2D eigenvalue weighted by atomic mass is 16.2. The molecule has 1 amide bonds. The van der Waals surface area contributed by atoms with Crippen LogP contribution in [0.5, 0.6) is 0 Å². The first-order valence-corrected chi connectivity index (χ1v) is 5.84. The average Bonchev–Trinajstić information content (AvgIpc) is 2.60. The van der Waals surface area contributed by atoms with Gasteiger partial charge in [-0.15, -0.1) is 6.58 Å². The predicted octanol–water partition coefficient (Wildman–Crippen LogP) is 2.35. The molecule has 1 aromatic heterocycles. The zero-order valence-corrected chi connectivity index (χ0v) is 10.7. The van der Waals surface area contributed by atoms with E-state index < -0.39 is 0 Å². The molecule has 0 aliphatic carbocycles. The van der Waals surface area contributed by atoms with E-state index in [1.54, 1.807) is 18.3 Å². The summed E-state index contributed by atoms with van der Waals surface area (Å²) in [5, 5.41) is 2.92. The molecule has 0 aliphatic heterocycles. The van der Waals surface area contributed by atoms with Gasteiger partial charge in [0.05, 0.1) is 5.69 Å². The Morgan fingerprint density at radius 3 is 2.76 bits per heavy atom. The van der Waals surface area contributed by atoms with Crippen LogP contribution in [0.4, 0.5) is 5.69 Å². The molecular formula is C13H21N3O. The number of carbonyl (C=O) groups is 1.